The van der Waals surface area contributed by atoms with Crippen molar-refractivity contribution < 1.29 is 0 Å². The van der Waals surface area contributed by atoms with Gasteiger partial charge < -0.3 is 0 Å². The van der Waals surface area contributed by atoms with Crippen LogP contribution >= 0.6 is 11.3 Å². The Balaban J connectivity index is 1.87. The van der Waals surface area contributed by atoms with Crippen molar-refractivity contribution in [3.05, 3.63) is 34.8 Å². The average molecular weight is 309 g/mol. The number of aromatic nitrogens is 1. The molecule has 1 unspecified atom stereocenters. The first-order valence-electron chi connectivity index (χ1n) is 5.20. The Kier molecular flexibility index (Phi) is 2.92. The van der Waals surface area contributed by atoms with Crippen LogP contribution in [0, 0.1) is 0 Å². The van der Waals surface area contributed by atoms with E-state index in [2.05, 4.69) is 30.5 Å². The number of fused-ring (bicyclic) bond motifs is 1. The third-order valence-corrected chi connectivity index (χ3v) is 4.30. The molecule has 0 aliphatic carbocycles. The summed E-state index contributed by atoms with van der Waals surface area (Å²) in [6.45, 7) is 2.10. The normalized spacial score (nSPS) is 14.2. The first-order chi connectivity index (χ1) is 8.34. The summed E-state index contributed by atoms with van der Waals surface area (Å²) in [4.78, 5) is 4.31. The minimum atomic E-state index is 0.0178. The summed E-state index contributed by atoms with van der Waals surface area (Å²) in [6.07, 6.45) is 0. The van der Waals surface area contributed by atoms with Crippen LogP contribution in [-0.4, -0.2) is 19.6 Å². The van der Waals surface area contributed by atoms with Crippen molar-refractivity contribution in [2.24, 2.45) is 7.92 Å². The molecule has 0 spiro atoms. The third kappa shape index (κ3) is 2.11. The number of hydrogen-bond acceptors (Lipinski definition) is 5. The van der Waals surface area contributed by atoms with Gasteiger partial charge in [-0.15, -0.1) is 0 Å². The Labute approximate surface area is 109 Å². The molecule has 86 valence electrons. The molecule has 1 atom stereocenters. The zero-order chi connectivity index (χ0) is 11.7. The maximum absolute atomic E-state index is 4.45. The molecule has 1 N–H and O–H groups in total. The van der Waals surface area contributed by atoms with Gasteiger partial charge in [0, 0.05) is 0 Å². The molecule has 1 aromatic carbocycles. The van der Waals surface area contributed by atoms with Gasteiger partial charge in [0.15, 0.2) is 0 Å². The van der Waals surface area contributed by atoms with Crippen molar-refractivity contribution in [1.29, 1.82) is 0 Å². The maximum atomic E-state index is 4.45. The van der Waals surface area contributed by atoms with Crippen molar-refractivity contribution in [2.75, 3.05) is 5.32 Å². The molecular formula is C11H10N4SSe. The predicted molar refractivity (Wildman–Crippen MR) is 70.5 cm³/mol. The zero-order valence-corrected chi connectivity index (χ0v) is 11.7. The fraction of sp³-hybridized carbons (Fsp3) is 0.182. The number of benzene rings is 1. The van der Waals surface area contributed by atoms with Crippen molar-refractivity contribution in [3.63, 3.8) is 0 Å². The van der Waals surface area contributed by atoms with Crippen molar-refractivity contribution >= 4 is 43.0 Å². The molecule has 3 rings (SSSR count). The fourth-order valence-electron chi connectivity index (χ4n) is 1.67. The molecule has 1 aliphatic heterocycles. The van der Waals surface area contributed by atoms with Crippen LogP contribution in [0.15, 0.2) is 37.0 Å². The van der Waals surface area contributed by atoms with E-state index in [0.29, 0.717) is 0 Å². The summed E-state index contributed by atoms with van der Waals surface area (Å²) < 4.78 is 8.82. The fourth-order valence-corrected chi connectivity index (χ4v) is 3.47. The Morgan fingerprint density at radius 1 is 1.35 bits per heavy atom. The van der Waals surface area contributed by atoms with Gasteiger partial charge in [-0.2, -0.15) is 0 Å². The molecule has 2 heterocycles. The van der Waals surface area contributed by atoms with E-state index in [9.17, 15) is 0 Å². The number of nitrogens with one attached hydrogen (secondary N) is 1. The minimum absolute atomic E-state index is 0.0178. The first-order valence-corrected chi connectivity index (χ1v) is 7.68. The molecule has 4 nitrogen and oxygen atoms in total. The first kappa shape index (κ1) is 10.9. The Hall–Kier alpha value is -1.23. The number of thiazole rings is 1. The molecule has 0 saturated carbocycles. The van der Waals surface area contributed by atoms with Crippen LogP contribution in [0.3, 0.4) is 0 Å². The van der Waals surface area contributed by atoms with E-state index < -0.39 is 0 Å². The van der Waals surface area contributed by atoms with Gasteiger partial charge in [0.2, 0.25) is 0 Å². The van der Waals surface area contributed by atoms with Crippen molar-refractivity contribution in [2.45, 2.75) is 13.0 Å². The summed E-state index contributed by atoms with van der Waals surface area (Å²) in [5, 5.41) is 5.51. The average Bonchev–Trinajstić information content (AvgIpc) is 3.00. The predicted octanol–water partition coefficient (Wildman–Crippen LogP) is 3.66. The van der Waals surface area contributed by atoms with E-state index >= 15 is 0 Å². The van der Waals surface area contributed by atoms with Crippen molar-refractivity contribution in [3.8, 4) is 0 Å². The number of anilines is 1. The molecule has 0 amide bonds. The molecule has 0 radical (unpaired) electrons. The summed E-state index contributed by atoms with van der Waals surface area (Å²) in [7, 11) is 0. The SMILES string of the molecule is CC(Nc1cccc2c1N=[Se]=N2)c1cscn1. The van der Waals surface area contributed by atoms with Crippen LogP contribution in [0.4, 0.5) is 17.1 Å². The van der Waals surface area contributed by atoms with Gasteiger partial charge >= 0.3 is 109 Å². The van der Waals surface area contributed by atoms with Gasteiger partial charge in [-0.3, -0.25) is 0 Å². The molecule has 0 fully saturated rings. The Morgan fingerprint density at radius 2 is 2.29 bits per heavy atom. The molecule has 0 bridgehead atoms. The quantitative estimate of drug-likeness (QED) is 0.751. The summed E-state index contributed by atoms with van der Waals surface area (Å²) in [5.74, 6) is 0. The second-order valence-electron chi connectivity index (χ2n) is 3.72. The van der Waals surface area contributed by atoms with E-state index in [-0.39, 0.29) is 20.6 Å². The second kappa shape index (κ2) is 4.56. The molecule has 6 heteroatoms. The van der Waals surface area contributed by atoms with Gasteiger partial charge in [0.1, 0.15) is 0 Å². The van der Waals surface area contributed by atoms with E-state index in [1.54, 1.807) is 11.3 Å². The summed E-state index contributed by atoms with van der Waals surface area (Å²) in [5.41, 5.74) is 5.96. The van der Waals surface area contributed by atoms with Crippen LogP contribution < -0.4 is 5.32 Å². The second-order valence-corrected chi connectivity index (χ2v) is 5.54. The number of rotatable bonds is 3. The molecule has 1 aliphatic rings. The molecule has 2 aromatic rings. The Morgan fingerprint density at radius 3 is 3.12 bits per heavy atom. The van der Waals surface area contributed by atoms with Crippen LogP contribution in [0.25, 0.3) is 0 Å². The standard InChI is InChI=1S/C11H10N4SSe/c1-7(10-5-16-6-12-10)13-8-3-2-4-9-11(8)15-17-14-9/h2-7,13H,1H3. The van der Waals surface area contributed by atoms with E-state index in [0.717, 1.165) is 22.8 Å². The third-order valence-electron chi connectivity index (χ3n) is 2.55. The Bertz CT molecular complexity index is 602. The van der Waals surface area contributed by atoms with Gasteiger partial charge in [0.05, 0.1) is 0 Å². The monoisotopic (exact) mass is 310 g/mol. The summed E-state index contributed by atoms with van der Waals surface area (Å²) in [6, 6.07) is 6.25. The zero-order valence-electron chi connectivity index (χ0n) is 9.12. The van der Waals surface area contributed by atoms with Gasteiger partial charge in [-0.05, 0) is 0 Å². The summed E-state index contributed by atoms with van der Waals surface area (Å²) >= 11 is 1.63. The van der Waals surface area contributed by atoms with E-state index in [1.165, 1.54) is 0 Å². The van der Waals surface area contributed by atoms with E-state index in [4.69, 9.17) is 0 Å². The van der Waals surface area contributed by atoms with Gasteiger partial charge in [-0.1, -0.05) is 0 Å². The van der Waals surface area contributed by atoms with Crippen LogP contribution in [0.5, 0.6) is 0 Å². The molecule has 1 aromatic heterocycles. The topological polar surface area (TPSA) is 49.6 Å². The van der Waals surface area contributed by atoms with Crippen molar-refractivity contribution in [1.82, 2.24) is 4.98 Å². The molecule has 17 heavy (non-hydrogen) atoms. The van der Waals surface area contributed by atoms with E-state index in [1.807, 2.05) is 23.7 Å². The van der Waals surface area contributed by atoms with Crippen LogP contribution in [0.2, 0.25) is 0 Å². The number of hydrogen-bond donors (Lipinski definition) is 1. The van der Waals surface area contributed by atoms with Gasteiger partial charge in [0.25, 0.3) is 0 Å². The van der Waals surface area contributed by atoms with Crippen LogP contribution in [-0.2, 0) is 0 Å². The van der Waals surface area contributed by atoms with Crippen LogP contribution in [0.1, 0.15) is 18.7 Å². The number of nitrogens with zero attached hydrogens (tertiary/aromatic N) is 3. The molecule has 0 saturated heterocycles. The van der Waals surface area contributed by atoms with Gasteiger partial charge in [-0.25, -0.2) is 0 Å². The molecular weight excluding hydrogens is 299 g/mol.